The molecule has 150 valence electrons. The van der Waals surface area contributed by atoms with E-state index in [1.54, 1.807) is 36.4 Å². The molecule has 0 heterocycles. The average Bonchev–Trinajstić information content (AvgIpc) is 3.18. The smallest absolute Gasteiger partial charge is 0.242 e. The molecule has 2 aromatic rings. The molecule has 0 radical (unpaired) electrons. The monoisotopic (exact) mass is 404 g/mol. The molecule has 3 rings (SSSR count). The molecule has 0 aromatic heterocycles. The molecule has 5 nitrogen and oxygen atoms in total. The molecule has 1 aliphatic carbocycles. The number of sulfonamides is 1. The fourth-order valence-corrected chi connectivity index (χ4v) is 4.95. The zero-order valence-corrected chi connectivity index (χ0v) is 16.9. The van der Waals surface area contributed by atoms with Gasteiger partial charge in [-0.1, -0.05) is 43.2 Å². The Kier molecular flexibility index (Phi) is 5.86. The number of nitrogens with one attached hydrogen (secondary N) is 1. The van der Waals surface area contributed by atoms with Crippen LogP contribution >= 0.6 is 0 Å². The van der Waals surface area contributed by atoms with Crippen molar-refractivity contribution in [1.82, 2.24) is 9.62 Å². The second kappa shape index (κ2) is 8.01. The standard InChI is InChI=1S/C21H25FN2O3S/c1-24(2)28(26,27)19-8-4-3-7-16(19)15-23-20(25)21(13-5-6-14-21)17-9-11-18(22)12-10-17/h3-4,7-12H,5-6,13-15H2,1-2H3,(H,23,25). The van der Waals surface area contributed by atoms with Gasteiger partial charge in [0, 0.05) is 20.6 Å². The van der Waals surface area contributed by atoms with Crippen molar-refractivity contribution >= 4 is 15.9 Å². The first kappa shape index (κ1) is 20.5. The Morgan fingerprint density at radius 1 is 1.07 bits per heavy atom. The van der Waals surface area contributed by atoms with Gasteiger partial charge in [-0.2, -0.15) is 0 Å². The van der Waals surface area contributed by atoms with Crippen LogP contribution in [0.15, 0.2) is 53.4 Å². The summed E-state index contributed by atoms with van der Waals surface area (Å²) < 4.78 is 39.6. The van der Waals surface area contributed by atoms with Crippen molar-refractivity contribution in [3.8, 4) is 0 Å². The molecule has 0 atom stereocenters. The summed E-state index contributed by atoms with van der Waals surface area (Å²) >= 11 is 0. The van der Waals surface area contributed by atoms with Crippen LogP contribution in [0.25, 0.3) is 0 Å². The zero-order valence-electron chi connectivity index (χ0n) is 16.1. The Bertz CT molecular complexity index is 950. The lowest BCUT2D eigenvalue weighted by molar-refractivity contribution is -0.126. The number of carbonyl (C=O) groups excluding carboxylic acids is 1. The predicted molar refractivity (Wildman–Crippen MR) is 106 cm³/mol. The van der Waals surface area contributed by atoms with E-state index in [0.29, 0.717) is 18.4 Å². The Labute approximate surface area is 165 Å². The Balaban J connectivity index is 1.85. The third kappa shape index (κ3) is 3.82. The molecule has 0 unspecified atom stereocenters. The maximum absolute atomic E-state index is 13.3. The van der Waals surface area contributed by atoms with Crippen LogP contribution in [-0.4, -0.2) is 32.7 Å². The lowest BCUT2D eigenvalue weighted by Crippen LogP contribution is -2.42. The van der Waals surface area contributed by atoms with Gasteiger partial charge in [0.05, 0.1) is 10.3 Å². The number of nitrogens with zero attached hydrogens (tertiary/aromatic N) is 1. The second-order valence-electron chi connectivity index (χ2n) is 7.37. The molecule has 0 bridgehead atoms. The van der Waals surface area contributed by atoms with Gasteiger partial charge in [-0.05, 0) is 42.2 Å². The molecule has 28 heavy (non-hydrogen) atoms. The van der Waals surface area contributed by atoms with Crippen LogP contribution in [-0.2, 0) is 26.8 Å². The second-order valence-corrected chi connectivity index (χ2v) is 9.49. The number of carbonyl (C=O) groups is 1. The highest BCUT2D eigenvalue weighted by Gasteiger charge is 2.42. The van der Waals surface area contributed by atoms with Crippen molar-refractivity contribution in [2.75, 3.05) is 14.1 Å². The summed E-state index contributed by atoms with van der Waals surface area (Å²) in [5.74, 6) is -0.478. The largest absolute Gasteiger partial charge is 0.351 e. The van der Waals surface area contributed by atoms with Gasteiger partial charge in [0.1, 0.15) is 5.82 Å². The van der Waals surface area contributed by atoms with Crippen molar-refractivity contribution in [3.63, 3.8) is 0 Å². The minimum absolute atomic E-state index is 0.116. The first-order valence-electron chi connectivity index (χ1n) is 9.32. The number of halogens is 1. The molecule has 0 saturated heterocycles. The van der Waals surface area contributed by atoms with Gasteiger partial charge in [-0.15, -0.1) is 0 Å². The van der Waals surface area contributed by atoms with Gasteiger partial charge in [-0.3, -0.25) is 4.79 Å². The summed E-state index contributed by atoms with van der Waals surface area (Å²) in [6, 6.07) is 12.8. The van der Waals surface area contributed by atoms with E-state index in [1.807, 2.05) is 0 Å². The Morgan fingerprint density at radius 2 is 1.68 bits per heavy atom. The summed E-state index contributed by atoms with van der Waals surface area (Å²) in [5, 5.41) is 2.93. The van der Waals surface area contributed by atoms with Gasteiger partial charge in [0.2, 0.25) is 15.9 Å². The molecule has 7 heteroatoms. The highest BCUT2D eigenvalue weighted by Crippen LogP contribution is 2.41. The molecule has 1 aliphatic rings. The van der Waals surface area contributed by atoms with Gasteiger partial charge >= 0.3 is 0 Å². The molecule has 1 N–H and O–H groups in total. The normalized spacial score (nSPS) is 16.3. The van der Waals surface area contributed by atoms with E-state index in [9.17, 15) is 17.6 Å². The number of amides is 1. The zero-order chi connectivity index (χ0) is 20.4. The molecular formula is C21H25FN2O3S. The van der Waals surface area contributed by atoms with Crippen LogP contribution in [0, 0.1) is 5.82 Å². The van der Waals surface area contributed by atoms with Crippen LogP contribution in [0.3, 0.4) is 0 Å². The Hall–Kier alpha value is -2.25. The minimum Gasteiger partial charge on any atom is -0.351 e. The first-order chi connectivity index (χ1) is 13.3. The third-order valence-electron chi connectivity index (χ3n) is 5.46. The van der Waals surface area contributed by atoms with Crippen molar-refractivity contribution in [2.45, 2.75) is 42.5 Å². The van der Waals surface area contributed by atoms with Crippen molar-refractivity contribution in [2.24, 2.45) is 0 Å². The predicted octanol–water partition coefficient (Wildman–Crippen LogP) is 3.20. The average molecular weight is 405 g/mol. The molecule has 1 fully saturated rings. The fraction of sp³-hybridized carbons (Fsp3) is 0.381. The molecule has 0 aliphatic heterocycles. The van der Waals surface area contributed by atoms with Crippen LogP contribution in [0.1, 0.15) is 36.8 Å². The minimum atomic E-state index is -3.61. The van der Waals surface area contributed by atoms with Gasteiger partial charge < -0.3 is 5.32 Å². The highest BCUT2D eigenvalue weighted by atomic mass is 32.2. The topological polar surface area (TPSA) is 66.5 Å². The van der Waals surface area contributed by atoms with E-state index < -0.39 is 15.4 Å². The quantitative estimate of drug-likeness (QED) is 0.804. The van der Waals surface area contributed by atoms with E-state index in [2.05, 4.69) is 5.32 Å². The number of hydrogen-bond acceptors (Lipinski definition) is 3. The number of benzene rings is 2. The van der Waals surface area contributed by atoms with E-state index >= 15 is 0 Å². The fourth-order valence-electron chi connectivity index (χ4n) is 3.84. The summed E-state index contributed by atoms with van der Waals surface area (Å²) in [5.41, 5.74) is 0.651. The lowest BCUT2D eigenvalue weighted by Gasteiger charge is -2.28. The van der Waals surface area contributed by atoms with Gasteiger partial charge in [0.15, 0.2) is 0 Å². The van der Waals surface area contributed by atoms with Crippen LogP contribution in [0.2, 0.25) is 0 Å². The first-order valence-corrected chi connectivity index (χ1v) is 10.8. The van der Waals surface area contributed by atoms with Crippen LogP contribution < -0.4 is 5.32 Å². The molecule has 2 aromatic carbocycles. The van der Waals surface area contributed by atoms with E-state index in [1.165, 1.54) is 26.2 Å². The van der Waals surface area contributed by atoms with Gasteiger partial charge in [0.25, 0.3) is 0 Å². The van der Waals surface area contributed by atoms with E-state index in [-0.39, 0.29) is 23.2 Å². The summed E-state index contributed by atoms with van der Waals surface area (Å²) in [6.07, 6.45) is 3.25. The number of hydrogen-bond donors (Lipinski definition) is 1. The van der Waals surface area contributed by atoms with Crippen molar-refractivity contribution in [1.29, 1.82) is 0 Å². The van der Waals surface area contributed by atoms with Crippen molar-refractivity contribution in [3.05, 3.63) is 65.5 Å². The van der Waals surface area contributed by atoms with Crippen molar-refractivity contribution < 1.29 is 17.6 Å². The Morgan fingerprint density at radius 3 is 2.29 bits per heavy atom. The third-order valence-corrected chi connectivity index (χ3v) is 7.37. The number of rotatable bonds is 6. The molecule has 1 saturated carbocycles. The molecule has 1 amide bonds. The molecular weight excluding hydrogens is 379 g/mol. The maximum Gasteiger partial charge on any atom is 0.242 e. The summed E-state index contributed by atoms with van der Waals surface area (Å²) in [4.78, 5) is 13.3. The SMILES string of the molecule is CN(C)S(=O)(=O)c1ccccc1CNC(=O)C1(c2ccc(F)cc2)CCCC1. The van der Waals surface area contributed by atoms with Crippen LogP contribution in [0.4, 0.5) is 4.39 Å². The van der Waals surface area contributed by atoms with E-state index in [4.69, 9.17) is 0 Å². The van der Waals surface area contributed by atoms with E-state index in [0.717, 1.165) is 22.7 Å². The summed E-state index contributed by atoms with van der Waals surface area (Å²) in [6.45, 7) is 0.116. The summed E-state index contributed by atoms with van der Waals surface area (Å²) in [7, 11) is -0.648. The lowest BCUT2D eigenvalue weighted by atomic mass is 9.78. The van der Waals surface area contributed by atoms with Crippen LogP contribution in [0.5, 0.6) is 0 Å². The highest BCUT2D eigenvalue weighted by molar-refractivity contribution is 7.89. The maximum atomic E-state index is 13.3. The molecule has 0 spiro atoms. The van der Waals surface area contributed by atoms with Gasteiger partial charge in [-0.25, -0.2) is 17.1 Å².